The Morgan fingerprint density at radius 1 is 0.889 bits per heavy atom. The molecule has 2 heterocycles. The number of ether oxygens (including phenoxy) is 2. The highest BCUT2D eigenvalue weighted by molar-refractivity contribution is 8.00. The van der Waals surface area contributed by atoms with Crippen LogP contribution in [0.2, 0.25) is 0 Å². The topological polar surface area (TPSA) is 97.1 Å². The van der Waals surface area contributed by atoms with Gasteiger partial charge < -0.3 is 14.8 Å². The Labute approximate surface area is 269 Å². The lowest BCUT2D eigenvalue weighted by Crippen LogP contribution is -2.14. The molecule has 6 aromatic rings. The van der Waals surface area contributed by atoms with E-state index in [1.54, 1.807) is 31.6 Å². The average molecular weight is 629 g/mol. The van der Waals surface area contributed by atoms with Crippen molar-refractivity contribution in [1.82, 2.24) is 9.97 Å². The molecule has 0 aliphatic heterocycles. The number of nitrogens with one attached hydrogen (secondary N) is 1. The van der Waals surface area contributed by atoms with Gasteiger partial charge in [-0.3, -0.25) is 4.79 Å². The Hall–Kier alpha value is -5.17. The lowest BCUT2D eigenvalue weighted by Gasteiger charge is -2.16. The van der Waals surface area contributed by atoms with Crippen LogP contribution in [0.1, 0.15) is 11.1 Å². The van der Waals surface area contributed by atoms with Gasteiger partial charge in [0.2, 0.25) is 5.91 Å². The fraction of sp³-hybridized carbons (Fsp3) is 0.111. The first-order valence-electron chi connectivity index (χ1n) is 14.1. The molecule has 0 bridgehead atoms. The minimum atomic E-state index is -0.209. The first-order valence-corrected chi connectivity index (χ1v) is 15.9. The number of amides is 1. The van der Waals surface area contributed by atoms with Gasteiger partial charge >= 0.3 is 0 Å². The van der Waals surface area contributed by atoms with Crippen LogP contribution in [0, 0.1) is 18.3 Å². The van der Waals surface area contributed by atoms with Crippen LogP contribution < -0.4 is 14.8 Å². The molecule has 0 radical (unpaired) electrons. The number of nitrogens with zero attached hydrogens (tertiary/aromatic N) is 3. The van der Waals surface area contributed by atoms with Crippen LogP contribution >= 0.6 is 23.1 Å². The summed E-state index contributed by atoms with van der Waals surface area (Å²) in [6, 6.07) is 33.4. The van der Waals surface area contributed by atoms with Crippen molar-refractivity contribution in [2.45, 2.75) is 11.9 Å². The van der Waals surface area contributed by atoms with E-state index in [-0.39, 0.29) is 11.7 Å². The molecule has 1 N–H and O–H groups in total. The van der Waals surface area contributed by atoms with Crippen LogP contribution in [0.15, 0.2) is 102 Å². The van der Waals surface area contributed by atoms with E-state index in [0.29, 0.717) is 44.6 Å². The molecule has 0 saturated carbocycles. The number of thioether (sulfide) groups is 1. The summed E-state index contributed by atoms with van der Waals surface area (Å²) in [4.78, 5) is 22.7. The summed E-state index contributed by atoms with van der Waals surface area (Å²) in [5.41, 5.74) is 7.11. The molecule has 7 nitrogen and oxygen atoms in total. The predicted octanol–water partition coefficient (Wildman–Crippen LogP) is 8.62. The third-order valence-corrected chi connectivity index (χ3v) is 9.20. The molecule has 0 atom stereocenters. The van der Waals surface area contributed by atoms with Gasteiger partial charge in [0.15, 0.2) is 11.5 Å². The van der Waals surface area contributed by atoms with E-state index in [1.807, 2.05) is 78.9 Å². The number of anilines is 1. The number of hydrogen-bond acceptors (Lipinski definition) is 8. The van der Waals surface area contributed by atoms with Crippen LogP contribution in [0.25, 0.3) is 43.2 Å². The predicted molar refractivity (Wildman–Crippen MR) is 182 cm³/mol. The second kappa shape index (κ2) is 13.2. The molecule has 4 aromatic carbocycles. The third-order valence-electron chi connectivity index (χ3n) is 7.16. The molecule has 0 aliphatic carbocycles. The number of aromatic nitrogens is 2. The highest BCUT2D eigenvalue weighted by Crippen LogP contribution is 2.42. The maximum Gasteiger partial charge on any atom is 0.234 e. The van der Waals surface area contributed by atoms with Crippen molar-refractivity contribution < 1.29 is 14.3 Å². The van der Waals surface area contributed by atoms with Crippen molar-refractivity contribution in [3.8, 4) is 50.5 Å². The molecule has 6 rings (SSSR count). The Kier molecular flexibility index (Phi) is 8.78. The number of rotatable bonds is 9. The zero-order valence-corrected chi connectivity index (χ0v) is 26.5. The van der Waals surface area contributed by atoms with Crippen LogP contribution in [0.5, 0.6) is 11.5 Å². The van der Waals surface area contributed by atoms with E-state index in [1.165, 1.54) is 17.3 Å². The van der Waals surface area contributed by atoms with Crippen LogP contribution in [-0.2, 0) is 4.79 Å². The molecule has 0 fully saturated rings. The summed E-state index contributed by atoms with van der Waals surface area (Å²) in [5, 5.41) is 14.7. The van der Waals surface area contributed by atoms with Crippen molar-refractivity contribution >= 4 is 44.9 Å². The summed E-state index contributed by atoms with van der Waals surface area (Å²) in [6.45, 7) is 2.07. The van der Waals surface area contributed by atoms with Gasteiger partial charge in [-0.15, -0.1) is 11.3 Å². The van der Waals surface area contributed by atoms with E-state index < -0.39 is 0 Å². The van der Waals surface area contributed by atoms with Gasteiger partial charge in [-0.1, -0.05) is 60.3 Å². The number of methoxy groups -OCH3 is 2. The molecule has 1 amide bonds. The van der Waals surface area contributed by atoms with Crippen LogP contribution in [-0.4, -0.2) is 35.8 Å². The second-order valence-corrected chi connectivity index (χ2v) is 12.2. The number of nitriles is 1. The first-order chi connectivity index (χ1) is 22.0. The number of fused-ring (bicyclic) bond motifs is 1. The van der Waals surface area contributed by atoms with E-state index in [0.717, 1.165) is 26.4 Å². The highest BCUT2D eigenvalue weighted by atomic mass is 32.2. The van der Waals surface area contributed by atoms with Gasteiger partial charge in [0.25, 0.3) is 0 Å². The van der Waals surface area contributed by atoms with Gasteiger partial charge in [-0.2, -0.15) is 5.26 Å². The number of thiazole rings is 1. The van der Waals surface area contributed by atoms with Gasteiger partial charge in [0, 0.05) is 27.9 Å². The van der Waals surface area contributed by atoms with Gasteiger partial charge in [0.05, 0.1) is 41.4 Å². The quantitative estimate of drug-likeness (QED) is 0.160. The molecule has 0 aliphatic rings. The molecule has 222 valence electrons. The second-order valence-electron chi connectivity index (χ2n) is 10.2. The molecular weight excluding hydrogens is 601 g/mol. The molecule has 9 heteroatoms. The number of hydrogen-bond donors (Lipinski definition) is 1. The van der Waals surface area contributed by atoms with Crippen molar-refractivity contribution in [2.75, 3.05) is 25.3 Å². The van der Waals surface area contributed by atoms with Crippen LogP contribution in [0.3, 0.4) is 0 Å². The van der Waals surface area contributed by atoms with E-state index in [9.17, 15) is 10.1 Å². The van der Waals surface area contributed by atoms with Gasteiger partial charge in [-0.25, -0.2) is 9.97 Å². The number of benzene rings is 4. The first kappa shape index (κ1) is 29.9. The molecule has 0 unspecified atom stereocenters. The van der Waals surface area contributed by atoms with Crippen LogP contribution in [0.4, 0.5) is 5.69 Å². The number of para-hydroxylation sites is 1. The molecule has 0 spiro atoms. The Morgan fingerprint density at radius 2 is 1.69 bits per heavy atom. The number of carbonyl (C=O) groups is 1. The Balaban J connectivity index is 1.25. The maximum atomic E-state index is 13.1. The summed E-state index contributed by atoms with van der Waals surface area (Å²) in [6.07, 6.45) is 0. The molecule has 2 aromatic heterocycles. The van der Waals surface area contributed by atoms with E-state index in [4.69, 9.17) is 19.4 Å². The fourth-order valence-electron chi connectivity index (χ4n) is 4.99. The van der Waals surface area contributed by atoms with Crippen molar-refractivity contribution in [1.29, 1.82) is 5.26 Å². The van der Waals surface area contributed by atoms with Crippen molar-refractivity contribution in [3.63, 3.8) is 0 Å². The number of aryl methyl sites for hydroxylation is 1. The lowest BCUT2D eigenvalue weighted by molar-refractivity contribution is -0.113. The largest absolute Gasteiger partial charge is 0.493 e. The zero-order valence-electron chi connectivity index (χ0n) is 24.8. The normalized spacial score (nSPS) is 10.8. The fourth-order valence-corrected chi connectivity index (χ4v) is 6.86. The Bertz CT molecular complexity index is 2050. The number of pyridine rings is 1. The minimum Gasteiger partial charge on any atom is -0.493 e. The van der Waals surface area contributed by atoms with E-state index in [2.05, 4.69) is 30.4 Å². The molecule has 45 heavy (non-hydrogen) atoms. The number of carbonyl (C=O) groups excluding carboxylic acids is 1. The molecule has 0 saturated heterocycles. The van der Waals surface area contributed by atoms with Crippen molar-refractivity contribution in [3.05, 3.63) is 108 Å². The maximum absolute atomic E-state index is 13.1. The lowest BCUT2D eigenvalue weighted by atomic mass is 9.98. The zero-order chi connectivity index (χ0) is 31.3. The average Bonchev–Trinajstić information content (AvgIpc) is 3.50. The summed E-state index contributed by atoms with van der Waals surface area (Å²) >= 11 is 2.86. The van der Waals surface area contributed by atoms with Gasteiger partial charge in [-0.05, 0) is 61.0 Å². The summed E-state index contributed by atoms with van der Waals surface area (Å²) in [7, 11) is 3.14. The minimum absolute atomic E-state index is 0.0631. The Morgan fingerprint density at radius 3 is 2.42 bits per heavy atom. The third kappa shape index (κ3) is 6.38. The standard InChI is InChI=1S/C36H28N4O3S2/c1-22-12-17-29-32(18-22)45-35(39-29)24-13-15-25(16-14-24)38-33(41)21-44-36-28(20-37)27(19-30(40-36)23-8-5-4-6-9-23)26-10-7-11-31(42-2)34(26)43-3/h4-19H,21H2,1-3H3,(H,38,41). The molecular formula is C36H28N4O3S2. The van der Waals surface area contributed by atoms with Crippen molar-refractivity contribution in [2.24, 2.45) is 0 Å². The summed E-state index contributed by atoms with van der Waals surface area (Å²) in [5.74, 6) is 0.919. The van der Waals surface area contributed by atoms with E-state index >= 15 is 0 Å². The highest BCUT2D eigenvalue weighted by Gasteiger charge is 2.21. The van der Waals surface area contributed by atoms with Gasteiger partial charge in [0.1, 0.15) is 16.1 Å². The SMILES string of the molecule is COc1cccc(-c2cc(-c3ccccc3)nc(SCC(=O)Nc3ccc(-c4nc5ccc(C)cc5s4)cc3)c2C#N)c1OC. The monoisotopic (exact) mass is 628 g/mol. The summed E-state index contributed by atoms with van der Waals surface area (Å²) < 4.78 is 12.4. The smallest absolute Gasteiger partial charge is 0.234 e.